The molecule has 3 saturated heterocycles. The van der Waals surface area contributed by atoms with Crippen LogP contribution in [0.2, 0.25) is 0 Å². The molecule has 6 rings (SSSR count). The normalized spacial score (nSPS) is 39.0. The number of piperidine rings is 3. The van der Waals surface area contributed by atoms with E-state index in [0.29, 0.717) is 6.04 Å². The van der Waals surface area contributed by atoms with Gasteiger partial charge in [-0.05, 0) is 43.2 Å². The fourth-order valence-electron chi connectivity index (χ4n) is 5.26. The van der Waals surface area contributed by atoms with Crippen LogP contribution < -0.4 is 0 Å². The molecule has 2 unspecified atom stereocenters. The van der Waals surface area contributed by atoms with E-state index in [-0.39, 0.29) is 0 Å². The molecule has 5 heterocycles. The van der Waals surface area contributed by atoms with E-state index in [1.54, 1.807) is 11.1 Å². The predicted octanol–water partition coefficient (Wildman–Crippen LogP) is 4.05. The lowest BCUT2D eigenvalue weighted by Gasteiger charge is -2.58. The Kier molecular flexibility index (Phi) is 2.30. The van der Waals surface area contributed by atoms with Crippen LogP contribution in [0.15, 0.2) is 35.9 Å². The molecule has 1 aromatic carbocycles. The molecular weight excluding hydrogens is 256 g/mol. The minimum Gasteiger partial charge on any atom is -0.357 e. The number of nitrogens with zero attached hydrogens (tertiary/aromatic N) is 1. The van der Waals surface area contributed by atoms with Crippen LogP contribution in [0.5, 0.6) is 0 Å². The summed E-state index contributed by atoms with van der Waals surface area (Å²) in [5, 5.41) is 1.46. The van der Waals surface area contributed by atoms with Gasteiger partial charge >= 0.3 is 0 Å². The fourth-order valence-corrected chi connectivity index (χ4v) is 5.26. The summed E-state index contributed by atoms with van der Waals surface area (Å²) < 4.78 is 0. The van der Waals surface area contributed by atoms with E-state index in [4.69, 9.17) is 0 Å². The monoisotopic (exact) mass is 278 g/mol. The van der Waals surface area contributed by atoms with Crippen LogP contribution in [-0.4, -0.2) is 22.5 Å². The van der Waals surface area contributed by atoms with Crippen LogP contribution in [0.25, 0.3) is 10.9 Å². The third-order valence-electron chi connectivity index (χ3n) is 6.35. The molecule has 0 saturated carbocycles. The molecule has 2 aromatic rings. The second-order valence-corrected chi connectivity index (χ2v) is 7.09. The van der Waals surface area contributed by atoms with Crippen molar-refractivity contribution in [2.75, 3.05) is 6.54 Å². The lowest BCUT2D eigenvalue weighted by molar-refractivity contribution is -0.0238. The topological polar surface area (TPSA) is 19.0 Å². The molecule has 2 nitrogen and oxygen atoms in total. The quantitative estimate of drug-likeness (QED) is 0.720. The van der Waals surface area contributed by atoms with E-state index < -0.39 is 0 Å². The highest BCUT2D eigenvalue weighted by Gasteiger charge is 2.51. The standard InChI is InChI=1S/C19H22N2/c1-3-12-10-21-17-9-15-13-6-4-5-7-16(13)20-19(15)18(21)8-14(12)11(17)2/h3-7,11,14,17-18,20H,8-10H2,1-2H3/b12-3-/t11?,14-,17+,18+/m1/s1. The van der Waals surface area contributed by atoms with Gasteiger partial charge in [0.15, 0.2) is 0 Å². The fraction of sp³-hybridized carbons (Fsp3) is 0.474. The maximum atomic E-state index is 3.74. The first-order valence-corrected chi connectivity index (χ1v) is 8.28. The van der Waals surface area contributed by atoms with Crippen molar-refractivity contribution in [1.29, 1.82) is 0 Å². The lowest BCUT2D eigenvalue weighted by Crippen LogP contribution is -2.59. The van der Waals surface area contributed by atoms with Gasteiger partial charge in [0.05, 0.1) is 6.04 Å². The third kappa shape index (κ3) is 1.41. The maximum absolute atomic E-state index is 3.74. The zero-order valence-electron chi connectivity index (χ0n) is 12.8. The summed E-state index contributed by atoms with van der Waals surface area (Å²) in [5.41, 5.74) is 6.12. The Hall–Kier alpha value is -1.54. The number of para-hydroxylation sites is 1. The number of allylic oxidation sites excluding steroid dienone is 1. The molecule has 3 fully saturated rings. The first kappa shape index (κ1) is 12.0. The third-order valence-corrected chi connectivity index (χ3v) is 6.35. The number of fused-ring (bicyclic) bond motifs is 4. The zero-order chi connectivity index (χ0) is 14.1. The molecule has 0 spiro atoms. The SMILES string of the molecule is C/C=C1/CN2[C@H]3C[C@@H]1C(C)[C@@H]2Cc1c3[nH]c2ccccc12. The highest BCUT2D eigenvalue weighted by Crippen LogP contribution is 2.53. The minimum atomic E-state index is 0.621. The van der Waals surface area contributed by atoms with Crippen molar-refractivity contribution in [3.05, 3.63) is 47.2 Å². The van der Waals surface area contributed by atoms with Crippen molar-refractivity contribution in [3.63, 3.8) is 0 Å². The second-order valence-electron chi connectivity index (χ2n) is 7.09. The van der Waals surface area contributed by atoms with Crippen LogP contribution >= 0.6 is 0 Å². The molecular formula is C19H22N2. The average Bonchev–Trinajstić information content (AvgIpc) is 2.89. The number of hydrogen-bond donors (Lipinski definition) is 1. The van der Waals surface area contributed by atoms with Crippen molar-refractivity contribution in [2.24, 2.45) is 11.8 Å². The van der Waals surface area contributed by atoms with E-state index in [2.05, 4.69) is 54.1 Å². The molecule has 2 heteroatoms. The Balaban J connectivity index is 1.70. The molecule has 0 radical (unpaired) electrons. The molecule has 4 aliphatic heterocycles. The number of benzene rings is 1. The lowest BCUT2D eigenvalue weighted by atomic mass is 9.64. The summed E-state index contributed by atoms with van der Waals surface area (Å²) in [4.78, 5) is 6.52. The van der Waals surface area contributed by atoms with E-state index in [0.717, 1.165) is 17.9 Å². The Morgan fingerprint density at radius 2 is 2.14 bits per heavy atom. The summed E-state index contributed by atoms with van der Waals surface area (Å²) in [7, 11) is 0. The second kappa shape index (κ2) is 4.01. The van der Waals surface area contributed by atoms with Crippen molar-refractivity contribution in [3.8, 4) is 0 Å². The van der Waals surface area contributed by atoms with Gasteiger partial charge in [0, 0.05) is 29.2 Å². The molecule has 21 heavy (non-hydrogen) atoms. The predicted molar refractivity (Wildman–Crippen MR) is 86.3 cm³/mol. The molecule has 1 N–H and O–H groups in total. The zero-order valence-corrected chi connectivity index (χ0v) is 12.8. The van der Waals surface area contributed by atoms with Gasteiger partial charge in [0.25, 0.3) is 0 Å². The van der Waals surface area contributed by atoms with Crippen LogP contribution in [0.4, 0.5) is 0 Å². The van der Waals surface area contributed by atoms with Crippen molar-refractivity contribution < 1.29 is 0 Å². The Labute approximate surface area is 125 Å². The van der Waals surface area contributed by atoms with E-state index in [1.807, 2.05) is 0 Å². The number of H-pyrrole nitrogens is 1. The number of aromatic amines is 1. The van der Waals surface area contributed by atoms with Crippen LogP contribution in [-0.2, 0) is 6.42 Å². The minimum absolute atomic E-state index is 0.621. The molecule has 5 atom stereocenters. The molecule has 1 aromatic heterocycles. The number of hydrogen-bond acceptors (Lipinski definition) is 1. The molecule has 108 valence electrons. The first-order chi connectivity index (χ1) is 10.3. The van der Waals surface area contributed by atoms with Crippen LogP contribution in [0.1, 0.15) is 37.6 Å². The van der Waals surface area contributed by atoms with E-state index in [1.165, 1.54) is 36.0 Å². The van der Waals surface area contributed by atoms with Crippen LogP contribution in [0, 0.1) is 11.8 Å². The first-order valence-electron chi connectivity index (χ1n) is 8.28. The molecule has 4 aliphatic rings. The number of aromatic nitrogens is 1. The van der Waals surface area contributed by atoms with Crippen molar-refractivity contribution in [2.45, 2.75) is 38.8 Å². The van der Waals surface area contributed by atoms with E-state index >= 15 is 0 Å². The van der Waals surface area contributed by atoms with Gasteiger partial charge in [-0.1, -0.05) is 36.8 Å². The molecule has 0 amide bonds. The largest absolute Gasteiger partial charge is 0.357 e. The van der Waals surface area contributed by atoms with Crippen LogP contribution in [0.3, 0.4) is 0 Å². The van der Waals surface area contributed by atoms with Crippen molar-refractivity contribution in [1.82, 2.24) is 9.88 Å². The van der Waals surface area contributed by atoms with Gasteiger partial charge in [-0.25, -0.2) is 0 Å². The van der Waals surface area contributed by atoms with Gasteiger partial charge in [-0.15, -0.1) is 0 Å². The summed E-state index contributed by atoms with van der Waals surface area (Å²) >= 11 is 0. The highest BCUT2D eigenvalue weighted by molar-refractivity contribution is 5.85. The van der Waals surface area contributed by atoms with Gasteiger partial charge in [0.1, 0.15) is 0 Å². The van der Waals surface area contributed by atoms with Gasteiger partial charge < -0.3 is 4.98 Å². The highest BCUT2D eigenvalue weighted by atomic mass is 15.2. The molecule has 0 aliphatic carbocycles. The average molecular weight is 278 g/mol. The summed E-state index contributed by atoms with van der Waals surface area (Å²) in [5.74, 6) is 1.59. The Morgan fingerprint density at radius 3 is 3.00 bits per heavy atom. The van der Waals surface area contributed by atoms with E-state index in [9.17, 15) is 0 Å². The number of nitrogens with one attached hydrogen (secondary N) is 1. The Bertz CT molecular complexity index is 754. The van der Waals surface area contributed by atoms with Crippen molar-refractivity contribution >= 4 is 10.9 Å². The maximum Gasteiger partial charge on any atom is 0.0513 e. The number of rotatable bonds is 0. The van der Waals surface area contributed by atoms with Gasteiger partial charge in [0.2, 0.25) is 0 Å². The summed E-state index contributed by atoms with van der Waals surface area (Å²) in [6.07, 6.45) is 4.90. The molecule has 4 bridgehead atoms. The van der Waals surface area contributed by atoms with Gasteiger partial charge in [-0.3, -0.25) is 4.90 Å². The Morgan fingerprint density at radius 1 is 1.29 bits per heavy atom. The summed E-state index contributed by atoms with van der Waals surface area (Å²) in [6, 6.07) is 10.2. The smallest absolute Gasteiger partial charge is 0.0513 e. The van der Waals surface area contributed by atoms with Gasteiger partial charge in [-0.2, -0.15) is 0 Å². The summed E-state index contributed by atoms with van der Waals surface area (Å²) in [6.45, 7) is 5.88.